The molecule has 0 aliphatic carbocycles. The van der Waals surface area contributed by atoms with Gasteiger partial charge in [0.05, 0.1) is 27.1 Å². The third-order valence-electron chi connectivity index (χ3n) is 7.90. The second-order valence-electron chi connectivity index (χ2n) is 11.1. The van der Waals surface area contributed by atoms with Crippen LogP contribution in [0, 0.1) is 5.82 Å². The minimum Gasteiger partial charge on any atom is -0.482 e. The van der Waals surface area contributed by atoms with Crippen LogP contribution in [-0.4, -0.2) is 63.5 Å². The van der Waals surface area contributed by atoms with E-state index in [0.29, 0.717) is 56.8 Å². The van der Waals surface area contributed by atoms with E-state index in [1.165, 1.54) is 30.5 Å². The van der Waals surface area contributed by atoms with Gasteiger partial charge in [0.25, 0.3) is 0 Å². The van der Waals surface area contributed by atoms with Gasteiger partial charge in [-0.2, -0.15) is 10.2 Å². The van der Waals surface area contributed by atoms with Gasteiger partial charge in [-0.1, -0.05) is 35.9 Å². The minimum atomic E-state index is -1.72. The van der Waals surface area contributed by atoms with Crippen molar-refractivity contribution in [1.29, 1.82) is 0 Å². The lowest BCUT2D eigenvalue weighted by Gasteiger charge is -2.29. The summed E-state index contributed by atoms with van der Waals surface area (Å²) >= 11 is 6.74. The highest BCUT2D eigenvalue weighted by atomic mass is 35.5. The number of fused-ring (bicyclic) bond motifs is 7. The molecule has 3 N–H and O–H groups in total. The average molecular weight is 650 g/mol. The summed E-state index contributed by atoms with van der Waals surface area (Å²) in [6, 6.07) is 12.1. The lowest BCUT2D eigenvalue weighted by atomic mass is 9.47. The third kappa shape index (κ3) is 6.13. The quantitative estimate of drug-likeness (QED) is 0.246. The monoisotopic (exact) mass is 650 g/mol. The molecule has 2 aromatic carbocycles. The molecule has 0 spiro atoms. The lowest BCUT2D eigenvalue weighted by molar-refractivity contribution is 0.154. The number of carbonyl (C=O) groups excluding carboxylic acids is 1. The molecular formula is C31H27B3ClFN6O5. The van der Waals surface area contributed by atoms with Crippen molar-refractivity contribution >= 4 is 51.8 Å². The molecule has 2 bridgehead atoms. The number of aromatic nitrogens is 5. The molecule has 234 valence electrons. The van der Waals surface area contributed by atoms with Gasteiger partial charge in [-0.3, -0.25) is 14.7 Å². The van der Waals surface area contributed by atoms with E-state index in [1.54, 1.807) is 53.8 Å². The Labute approximate surface area is 277 Å². The summed E-state index contributed by atoms with van der Waals surface area (Å²) in [7, 11) is 14.0. The molecule has 1 atom stereocenters. The molecule has 1 aliphatic heterocycles. The van der Waals surface area contributed by atoms with Crippen LogP contribution < -0.4 is 15.5 Å². The van der Waals surface area contributed by atoms with E-state index in [-0.39, 0.29) is 23.3 Å². The second kappa shape index (κ2) is 12.6. The molecule has 0 saturated heterocycles. The standard InChI is InChI=1S/C31H27B3ClFN6O5/c1-4-42-27-18-11-24(29(37-13-18)38-30(43)46-15-17-5-7-19(8-6-17)34(44)45)47-16(2)22-12-20(36)9-10-21(22)26-23(14-41(3)39-26)31(32,33)25(27)28(35)40-42/h5-14,16,44-45H,4,15H2,1-3H3,(H,37,38,43). The zero-order chi connectivity index (χ0) is 33.6. The molecule has 6 rings (SSSR count). The molecular weight excluding hydrogens is 623 g/mol. The second-order valence-corrected chi connectivity index (χ2v) is 11.5. The molecule has 5 aromatic rings. The fraction of sp³-hybridized carbons (Fsp3) is 0.226. The van der Waals surface area contributed by atoms with Crippen LogP contribution in [0.15, 0.2) is 60.9 Å². The topological polar surface area (TPSA) is 137 Å². The maximum atomic E-state index is 14.7. The number of carbonyl (C=O) groups is 1. The van der Waals surface area contributed by atoms with Gasteiger partial charge >= 0.3 is 13.2 Å². The molecule has 0 fully saturated rings. The van der Waals surface area contributed by atoms with Crippen molar-refractivity contribution in [3.05, 3.63) is 94.1 Å². The summed E-state index contributed by atoms with van der Waals surface area (Å²) in [6.07, 6.45) is 1.57. The van der Waals surface area contributed by atoms with Gasteiger partial charge in [-0.15, -0.1) is 0 Å². The van der Waals surface area contributed by atoms with Crippen LogP contribution >= 0.6 is 11.6 Å². The SMILES string of the molecule is [B]C1([B])c2cn(C)nc2-c2ccc(F)cc2C(C)Oc2cc(cnc2NC(=O)OCc2ccc(B(O)O)cc2)-c2c1c(Cl)nn2CC. The van der Waals surface area contributed by atoms with Crippen LogP contribution in [0.3, 0.4) is 0 Å². The highest BCUT2D eigenvalue weighted by Crippen LogP contribution is 2.45. The van der Waals surface area contributed by atoms with Gasteiger partial charge in [0.2, 0.25) is 0 Å². The van der Waals surface area contributed by atoms with Gasteiger partial charge in [0, 0.05) is 48.2 Å². The first-order chi connectivity index (χ1) is 22.4. The van der Waals surface area contributed by atoms with E-state index >= 15 is 0 Å². The normalized spacial score (nSPS) is 14.8. The number of nitrogens with one attached hydrogen (secondary N) is 1. The number of rotatable bonds is 5. The van der Waals surface area contributed by atoms with E-state index in [4.69, 9.17) is 36.8 Å². The number of ether oxygens (including phenoxy) is 2. The number of hydrogen-bond acceptors (Lipinski definition) is 8. The van der Waals surface area contributed by atoms with Crippen LogP contribution in [0.1, 0.15) is 42.2 Å². The summed E-state index contributed by atoms with van der Waals surface area (Å²) in [5, 5.41) is 28.7. The van der Waals surface area contributed by atoms with Crippen LogP contribution in [0.25, 0.3) is 22.5 Å². The smallest absolute Gasteiger partial charge is 0.482 e. The van der Waals surface area contributed by atoms with Crippen molar-refractivity contribution in [2.24, 2.45) is 7.05 Å². The molecule has 3 aromatic heterocycles. The van der Waals surface area contributed by atoms with Crippen LogP contribution in [0.5, 0.6) is 5.75 Å². The Morgan fingerprint density at radius 1 is 1.19 bits per heavy atom. The average Bonchev–Trinajstić information content (AvgIpc) is 3.60. The summed E-state index contributed by atoms with van der Waals surface area (Å²) in [4.78, 5) is 17.4. The van der Waals surface area contributed by atoms with E-state index in [1.807, 2.05) is 6.92 Å². The van der Waals surface area contributed by atoms with Gasteiger partial charge < -0.3 is 19.5 Å². The summed E-state index contributed by atoms with van der Waals surface area (Å²) in [6.45, 7) is 3.91. The Balaban J connectivity index is 1.45. The number of pyridine rings is 1. The van der Waals surface area contributed by atoms with E-state index in [9.17, 15) is 19.2 Å². The Kier molecular flexibility index (Phi) is 8.64. The minimum absolute atomic E-state index is 0.0276. The van der Waals surface area contributed by atoms with Crippen molar-refractivity contribution in [1.82, 2.24) is 24.5 Å². The van der Waals surface area contributed by atoms with Crippen LogP contribution in [-0.2, 0) is 30.1 Å². The number of benzene rings is 2. The molecule has 4 heterocycles. The van der Waals surface area contributed by atoms with Gasteiger partial charge in [-0.05, 0) is 59.9 Å². The Hall–Kier alpha value is -4.59. The fourth-order valence-electron chi connectivity index (χ4n) is 5.61. The van der Waals surface area contributed by atoms with E-state index in [2.05, 4.69) is 20.5 Å². The fourth-order valence-corrected chi connectivity index (χ4v) is 5.95. The molecule has 1 amide bonds. The first-order valence-electron chi connectivity index (χ1n) is 14.6. The van der Waals surface area contributed by atoms with Gasteiger partial charge in [-0.25, -0.2) is 14.2 Å². The third-order valence-corrected chi connectivity index (χ3v) is 8.17. The van der Waals surface area contributed by atoms with Crippen molar-refractivity contribution in [2.75, 3.05) is 5.32 Å². The maximum Gasteiger partial charge on any atom is 0.488 e. The van der Waals surface area contributed by atoms with E-state index in [0.717, 1.165) is 0 Å². The number of anilines is 1. The number of hydrogen-bond donors (Lipinski definition) is 3. The summed E-state index contributed by atoms with van der Waals surface area (Å²) in [5.41, 5.74) is 3.97. The van der Waals surface area contributed by atoms with Gasteiger partial charge in [0.15, 0.2) is 16.7 Å². The van der Waals surface area contributed by atoms with Crippen molar-refractivity contribution in [3.63, 3.8) is 0 Å². The van der Waals surface area contributed by atoms with Crippen LogP contribution in [0.2, 0.25) is 5.15 Å². The number of amides is 1. The van der Waals surface area contributed by atoms with Crippen molar-refractivity contribution < 1.29 is 28.7 Å². The summed E-state index contributed by atoms with van der Waals surface area (Å²) in [5.74, 6) is -0.337. The molecule has 0 saturated carbocycles. The molecule has 16 heteroatoms. The Morgan fingerprint density at radius 3 is 2.64 bits per heavy atom. The van der Waals surface area contributed by atoms with Gasteiger partial charge in [0.1, 0.15) is 18.5 Å². The lowest BCUT2D eigenvalue weighted by Crippen LogP contribution is -2.30. The van der Waals surface area contributed by atoms with Crippen molar-refractivity contribution in [2.45, 2.75) is 38.3 Å². The molecule has 1 unspecified atom stereocenters. The summed E-state index contributed by atoms with van der Waals surface area (Å²) < 4.78 is 29.7. The predicted molar refractivity (Wildman–Crippen MR) is 176 cm³/mol. The first-order valence-corrected chi connectivity index (χ1v) is 15.0. The largest absolute Gasteiger partial charge is 0.488 e. The molecule has 4 radical (unpaired) electrons. The number of nitrogens with zero attached hydrogens (tertiary/aromatic N) is 5. The molecule has 47 heavy (non-hydrogen) atoms. The molecule has 1 aliphatic rings. The zero-order valence-corrected chi connectivity index (χ0v) is 26.4. The zero-order valence-electron chi connectivity index (χ0n) is 25.6. The molecule has 11 nitrogen and oxygen atoms in total. The highest BCUT2D eigenvalue weighted by Gasteiger charge is 2.37. The Bertz CT molecular complexity index is 1990. The number of halogens is 2. The number of aryl methyl sites for hydroxylation is 2. The van der Waals surface area contributed by atoms with Crippen molar-refractivity contribution in [3.8, 4) is 28.3 Å². The predicted octanol–water partition coefficient (Wildman–Crippen LogP) is 3.58. The Morgan fingerprint density at radius 2 is 1.94 bits per heavy atom. The maximum absolute atomic E-state index is 14.7. The first kappa shape index (κ1) is 32.4. The van der Waals surface area contributed by atoms with Crippen LogP contribution in [0.4, 0.5) is 15.0 Å². The van der Waals surface area contributed by atoms with E-state index < -0.39 is 30.3 Å². The highest BCUT2D eigenvalue weighted by molar-refractivity contribution is 6.58.